The molecule has 0 saturated heterocycles. The van der Waals surface area contributed by atoms with Crippen molar-refractivity contribution in [2.45, 2.75) is 126 Å². The third-order valence-corrected chi connectivity index (χ3v) is 14.6. The standard InChI is InChI=1S/C40H56O5/c1-35(2)19-21-40(26-45-34(43)23-33(42)44-25-27-11-9-8-10-12-27)22-20-38(6)28(29(40)24-35)13-14-31-37(5)17-16-32(41)36(3,4)30(37)15-18-39(31,38)7/h8-13,29-31H,14-26H2,1-7H3/t29-,30-,31+,37-,38+,39+,40+/m0/s1. The van der Waals surface area contributed by atoms with Crippen molar-refractivity contribution >= 4 is 17.7 Å². The van der Waals surface area contributed by atoms with Gasteiger partial charge in [0.1, 0.15) is 18.8 Å². The summed E-state index contributed by atoms with van der Waals surface area (Å²) < 4.78 is 11.4. The SMILES string of the molecule is CC1(C)CC[C@]2(COC(=O)CC(=O)OCc3ccccc3)CC[C@]3(C)C(=CC[C@@H]4[C@@]5(C)CCC(=O)C(C)(C)[C@@H]5CC[C@]43C)[C@@H]2C1. The van der Waals surface area contributed by atoms with Gasteiger partial charge in [-0.25, -0.2) is 0 Å². The summed E-state index contributed by atoms with van der Waals surface area (Å²) in [7, 11) is 0. The fourth-order valence-electron chi connectivity index (χ4n) is 11.6. The van der Waals surface area contributed by atoms with Crippen molar-refractivity contribution in [2.24, 2.45) is 50.2 Å². The number of rotatable bonds is 6. The van der Waals surface area contributed by atoms with E-state index in [9.17, 15) is 14.4 Å². The van der Waals surface area contributed by atoms with Crippen molar-refractivity contribution in [2.75, 3.05) is 6.61 Å². The zero-order valence-corrected chi connectivity index (χ0v) is 28.9. The highest BCUT2D eigenvalue weighted by atomic mass is 16.6. The minimum atomic E-state index is -0.537. The van der Waals surface area contributed by atoms with Gasteiger partial charge in [0.25, 0.3) is 0 Å². The van der Waals surface area contributed by atoms with Crippen LogP contribution in [0.1, 0.15) is 125 Å². The minimum absolute atomic E-state index is 0.0857. The summed E-state index contributed by atoms with van der Waals surface area (Å²) in [5.74, 6) is 0.809. The number of ether oxygens (including phenoxy) is 2. The van der Waals surface area contributed by atoms with Crippen LogP contribution in [-0.2, 0) is 30.5 Å². The molecule has 0 radical (unpaired) electrons. The van der Waals surface area contributed by atoms with Crippen LogP contribution in [0.5, 0.6) is 0 Å². The molecule has 0 unspecified atom stereocenters. The summed E-state index contributed by atoms with van der Waals surface area (Å²) in [6.07, 6.45) is 12.8. The monoisotopic (exact) mass is 616 g/mol. The topological polar surface area (TPSA) is 69.7 Å². The summed E-state index contributed by atoms with van der Waals surface area (Å²) in [5.41, 5.74) is 2.84. The number of esters is 2. The number of hydrogen-bond acceptors (Lipinski definition) is 5. The summed E-state index contributed by atoms with van der Waals surface area (Å²) in [5, 5.41) is 0. The molecule has 0 heterocycles. The van der Waals surface area contributed by atoms with Gasteiger partial charge in [0.05, 0.1) is 6.61 Å². The van der Waals surface area contributed by atoms with Gasteiger partial charge in [-0.3, -0.25) is 14.4 Å². The van der Waals surface area contributed by atoms with E-state index in [4.69, 9.17) is 9.47 Å². The quantitative estimate of drug-likeness (QED) is 0.181. The van der Waals surface area contributed by atoms with Crippen LogP contribution in [0.25, 0.3) is 0 Å². The van der Waals surface area contributed by atoms with E-state index in [1.807, 2.05) is 30.3 Å². The smallest absolute Gasteiger partial charge is 0.317 e. The second kappa shape index (κ2) is 11.1. The molecule has 1 aromatic carbocycles. The maximum Gasteiger partial charge on any atom is 0.317 e. The highest BCUT2D eigenvalue weighted by Crippen LogP contribution is 2.75. The summed E-state index contributed by atoms with van der Waals surface area (Å²) in [6.45, 7) is 17.5. The van der Waals surface area contributed by atoms with E-state index in [0.717, 1.165) is 56.9 Å². The Balaban J connectivity index is 1.22. The van der Waals surface area contributed by atoms with Gasteiger partial charge in [-0.1, -0.05) is 90.4 Å². The Hall–Kier alpha value is -2.43. The second-order valence-corrected chi connectivity index (χ2v) is 17.7. The number of Topliss-reactive ketones (excluding diaryl/α,β-unsaturated/α-hetero) is 1. The largest absolute Gasteiger partial charge is 0.465 e. The van der Waals surface area contributed by atoms with Crippen molar-refractivity contribution in [1.29, 1.82) is 0 Å². The number of carbonyl (C=O) groups is 3. The molecule has 4 fully saturated rings. The van der Waals surface area contributed by atoms with Crippen LogP contribution in [0.3, 0.4) is 0 Å². The Bertz CT molecular complexity index is 1370. The van der Waals surface area contributed by atoms with E-state index < -0.39 is 11.9 Å². The molecule has 45 heavy (non-hydrogen) atoms. The molecule has 0 aliphatic heterocycles. The molecule has 0 N–H and O–H groups in total. The predicted octanol–water partition coefficient (Wildman–Crippen LogP) is 9.03. The number of ketones is 1. The third-order valence-electron chi connectivity index (χ3n) is 14.6. The first-order valence-corrected chi connectivity index (χ1v) is 17.7. The number of benzene rings is 1. The molecule has 1 aromatic rings. The van der Waals surface area contributed by atoms with Gasteiger partial charge in [0.2, 0.25) is 0 Å². The van der Waals surface area contributed by atoms with Crippen LogP contribution in [0.4, 0.5) is 0 Å². The molecule has 246 valence electrons. The molecule has 5 aliphatic carbocycles. The average Bonchev–Trinajstić information content (AvgIpc) is 2.98. The van der Waals surface area contributed by atoms with Crippen molar-refractivity contribution in [3.8, 4) is 0 Å². The van der Waals surface area contributed by atoms with Gasteiger partial charge >= 0.3 is 11.9 Å². The lowest BCUT2D eigenvalue weighted by Gasteiger charge is -2.70. The number of hydrogen-bond donors (Lipinski definition) is 0. The lowest BCUT2D eigenvalue weighted by molar-refractivity contribution is -0.188. The molecule has 5 heteroatoms. The zero-order valence-electron chi connectivity index (χ0n) is 28.9. The average molecular weight is 617 g/mol. The Kier molecular flexibility index (Phi) is 8.01. The highest BCUT2D eigenvalue weighted by molar-refractivity contribution is 5.91. The van der Waals surface area contributed by atoms with E-state index in [0.29, 0.717) is 36.6 Å². The zero-order chi connectivity index (χ0) is 32.5. The van der Waals surface area contributed by atoms with Crippen LogP contribution in [0.2, 0.25) is 0 Å². The molecular weight excluding hydrogens is 560 g/mol. The van der Waals surface area contributed by atoms with Crippen LogP contribution in [-0.4, -0.2) is 24.3 Å². The number of carbonyl (C=O) groups excluding carboxylic acids is 3. The number of fused-ring (bicyclic) bond motifs is 7. The van der Waals surface area contributed by atoms with E-state index >= 15 is 0 Å². The lowest BCUT2D eigenvalue weighted by Crippen LogP contribution is -2.64. The first kappa shape index (κ1) is 32.5. The second-order valence-electron chi connectivity index (χ2n) is 17.7. The fourth-order valence-corrected chi connectivity index (χ4v) is 11.6. The van der Waals surface area contributed by atoms with Crippen molar-refractivity contribution < 1.29 is 23.9 Å². The van der Waals surface area contributed by atoms with Gasteiger partial charge in [0.15, 0.2) is 0 Å². The first-order valence-electron chi connectivity index (χ1n) is 17.7. The molecule has 4 saturated carbocycles. The van der Waals surface area contributed by atoms with Gasteiger partial charge in [-0.2, -0.15) is 0 Å². The molecule has 6 rings (SSSR count). The molecule has 0 bridgehead atoms. The van der Waals surface area contributed by atoms with Gasteiger partial charge < -0.3 is 9.47 Å². The first-order chi connectivity index (χ1) is 21.1. The van der Waals surface area contributed by atoms with E-state index in [-0.39, 0.29) is 45.5 Å². The Labute approximate surface area is 271 Å². The maximum atomic E-state index is 13.1. The highest BCUT2D eigenvalue weighted by Gasteiger charge is 2.68. The maximum absolute atomic E-state index is 13.1. The number of allylic oxidation sites excluding steroid dienone is 2. The van der Waals surface area contributed by atoms with Crippen molar-refractivity contribution in [3.63, 3.8) is 0 Å². The van der Waals surface area contributed by atoms with E-state index in [1.54, 1.807) is 5.57 Å². The summed E-state index contributed by atoms with van der Waals surface area (Å²) in [4.78, 5) is 38.5. The molecule has 5 nitrogen and oxygen atoms in total. The van der Waals surface area contributed by atoms with Gasteiger partial charge in [0, 0.05) is 17.3 Å². The van der Waals surface area contributed by atoms with Crippen LogP contribution in [0, 0.1) is 50.2 Å². The van der Waals surface area contributed by atoms with Gasteiger partial charge in [-0.05, 0) is 103 Å². The summed E-state index contributed by atoms with van der Waals surface area (Å²) >= 11 is 0. The summed E-state index contributed by atoms with van der Waals surface area (Å²) in [6, 6.07) is 9.53. The molecule has 0 spiro atoms. The Morgan fingerprint density at radius 1 is 0.822 bits per heavy atom. The molecule has 0 aromatic heterocycles. The molecule has 7 atom stereocenters. The fraction of sp³-hybridized carbons (Fsp3) is 0.725. The predicted molar refractivity (Wildman–Crippen MR) is 176 cm³/mol. The normalized spacial score (nSPS) is 39.7. The lowest BCUT2D eigenvalue weighted by atomic mass is 9.33. The molecule has 5 aliphatic rings. The Morgan fingerprint density at radius 2 is 1.51 bits per heavy atom. The van der Waals surface area contributed by atoms with Crippen molar-refractivity contribution in [1.82, 2.24) is 0 Å². The Morgan fingerprint density at radius 3 is 2.24 bits per heavy atom. The van der Waals surface area contributed by atoms with E-state index in [2.05, 4.69) is 54.5 Å². The van der Waals surface area contributed by atoms with Crippen LogP contribution < -0.4 is 0 Å². The third kappa shape index (κ3) is 5.23. The van der Waals surface area contributed by atoms with E-state index in [1.165, 1.54) is 6.42 Å². The van der Waals surface area contributed by atoms with Crippen LogP contribution in [0.15, 0.2) is 42.0 Å². The minimum Gasteiger partial charge on any atom is -0.465 e. The van der Waals surface area contributed by atoms with Gasteiger partial charge in [-0.15, -0.1) is 0 Å². The van der Waals surface area contributed by atoms with Crippen LogP contribution >= 0.6 is 0 Å². The van der Waals surface area contributed by atoms with Crippen molar-refractivity contribution in [3.05, 3.63) is 47.5 Å². The molecular formula is C40H56O5. The molecule has 0 amide bonds.